The summed E-state index contributed by atoms with van der Waals surface area (Å²) in [6.07, 6.45) is 3.44. The van der Waals surface area contributed by atoms with E-state index in [1.165, 1.54) is 13.2 Å². The van der Waals surface area contributed by atoms with Crippen molar-refractivity contribution in [1.82, 2.24) is 9.38 Å². The van der Waals surface area contributed by atoms with Gasteiger partial charge in [0.05, 0.1) is 18.4 Å². The van der Waals surface area contributed by atoms with E-state index in [-0.39, 0.29) is 12.4 Å². The first kappa shape index (κ1) is 13.9. The van der Waals surface area contributed by atoms with Crippen molar-refractivity contribution in [2.45, 2.75) is 6.61 Å². The van der Waals surface area contributed by atoms with Gasteiger partial charge in [0, 0.05) is 18.5 Å². The van der Waals surface area contributed by atoms with Crippen molar-refractivity contribution in [2.24, 2.45) is 0 Å². The molecule has 3 rings (SSSR count). The molecule has 22 heavy (non-hydrogen) atoms. The second-order valence-electron chi connectivity index (χ2n) is 4.69. The van der Waals surface area contributed by atoms with E-state index < -0.39 is 5.97 Å². The van der Waals surface area contributed by atoms with E-state index >= 15 is 0 Å². The van der Waals surface area contributed by atoms with Crippen LogP contribution in [0.2, 0.25) is 0 Å². The zero-order chi connectivity index (χ0) is 15.5. The second kappa shape index (κ2) is 5.77. The highest BCUT2D eigenvalue weighted by atomic mass is 16.5. The highest BCUT2D eigenvalue weighted by Crippen LogP contribution is 2.19. The Kier molecular flexibility index (Phi) is 3.65. The molecule has 1 N–H and O–H groups in total. The number of rotatable bonds is 4. The molecule has 1 aromatic carbocycles. The number of carbonyl (C=O) groups is 1. The van der Waals surface area contributed by atoms with E-state index in [0.717, 1.165) is 0 Å². The number of benzene rings is 1. The van der Waals surface area contributed by atoms with Gasteiger partial charge in [-0.2, -0.15) is 0 Å². The Labute approximate surface area is 126 Å². The smallest absolute Gasteiger partial charge is 0.339 e. The maximum absolute atomic E-state index is 11.5. The van der Waals surface area contributed by atoms with Gasteiger partial charge in [0.2, 0.25) is 0 Å². The van der Waals surface area contributed by atoms with E-state index in [0.29, 0.717) is 22.7 Å². The number of phenols is 1. The van der Waals surface area contributed by atoms with Crippen molar-refractivity contribution in [3.05, 3.63) is 60.0 Å². The van der Waals surface area contributed by atoms with Gasteiger partial charge in [0.25, 0.3) is 0 Å². The fourth-order valence-electron chi connectivity index (χ4n) is 2.08. The lowest BCUT2D eigenvalue weighted by atomic mass is 10.3. The van der Waals surface area contributed by atoms with Crippen LogP contribution in [0.1, 0.15) is 16.1 Å². The Bertz CT molecular complexity index is 826. The Morgan fingerprint density at radius 2 is 2.14 bits per heavy atom. The minimum Gasteiger partial charge on any atom is -0.508 e. The summed E-state index contributed by atoms with van der Waals surface area (Å²) in [5.74, 6) is 0.315. The first-order valence-corrected chi connectivity index (χ1v) is 6.63. The first-order chi connectivity index (χ1) is 10.7. The first-order valence-electron chi connectivity index (χ1n) is 6.63. The number of hydrogen-bond acceptors (Lipinski definition) is 5. The number of aromatic nitrogens is 2. The summed E-state index contributed by atoms with van der Waals surface area (Å²) in [7, 11) is 1.34. The monoisotopic (exact) mass is 298 g/mol. The number of ether oxygens (including phenoxy) is 2. The summed E-state index contributed by atoms with van der Waals surface area (Å²) >= 11 is 0. The predicted octanol–water partition coefficient (Wildman–Crippen LogP) is 2.41. The van der Waals surface area contributed by atoms with Gasteiger partial charge in [-0.1, -0.05) is 6.07 Å². The standard InChI is InChI=1S/C16H14N2O4/c1-21-16(20)11-5-6-15-17-12(9-18(15)8-11)10-22-14-4-2-3-13(19)7-14/h2-9,19H,10H2,1H3. The molecule has 0 atom stereocenters. The van der Waals surface area contributed by atoms with E-state index in [4.69, 9.17) is 4.74 Å². The molecule has 0 aliphatic carbocycles. The third-order valence-corrected chi connectivity index (χ3v) is 3.13. The third kappa shape index (κ3) is 2.85. The van der Waals surface area contributed by atoms with Crippen molar-refractivity contribution < 1.29 is 19.4 Å². The summed E-state index contributed by atoms with van der Waals surface area (Å²) in [6.45, 7) is 0.263. The molecule has 6 heteroatoms. The molecule has 0 saturated heterocycles. The van der Waals surface area contributed by atoms with Crippen molar-refractivity contribution >= 4 is 11.6 Å². The van der Waals surface area contributed by atoms with E-state index in [2.05, 4.69) is 9.72 Å². The number of pyridine rings is 1. The number of phenolic OH excluding ortho intramolecular Hbond substituents is 1. The van der Waals surface area contributed by atoms with Gasteiger partial charge in [0.15, 0.2) is 0 Å². The topological polar surface area (TPSA) is 73.1 Å². The van der Waals surface area contributed by atoms with E-state index in [1.54, 1.807) is 47.1 Å². The van der Waals surface area contributed by atoms with Crippen LogP contribution in [0.25, 0.3) is 5.65 Å². The van der Waals surface area contributed by atoms with Crippen LogP contribution in [-0.2, 0) is 11.3 Å². The number of nitrogens with zero attached hydrogens (tertiary/aromatic N) is 2. The van der Waals surface area contributed by atoms with Gasteiger partial charge in [-0.05, 0) is 24.3 Å². The van der Waals surface area contributed by atoms with Gasteiger partial charge in [-0.3, -0.25) is 0 Å². The van der Waals surface area contributed by atoms with Crippen LogP contribution in [0.15, 0.2) is 48.8 Å². The quantitative estimate of drug-likeness (QED) is 0.749. The molecule has 2 aromatic heterocycles. The molecular formula is C16H14N2O4. The lowest BCUT2D eigenvalue weighted by Crippen LogP contribution is -2.02. The average molecular weight is 298 g/mol. The molecule has 0 saturated carbocycles. The molecule has 0 radical (unpaired) electrons. The lowest BCUT2D eigenvalue weighted by molar-refractivity contribution is 0.0600. The van der Waals surface area contributed by atoms with Crippen molar-refractivity contribution in [2.75, 3.05) is 7.11 Å². The average Bonchev–Trinajstić information content (AvgIpc) is 2.94. The van der Waals surface area contributed by atoms with Crippen LogP contribution in [0, 0.1) is 0 Å². The molecule has 0 aliphatic heterocycles. The molecule has 0 fully saturated rings. The Morgan fingerprint density at radius 1 is 1.27 bits per heavy atom. The van der Waals surface area contributed by atoms with Gasteiger partial charge in [-0.15, -0.1) is 0 Å². The fourth-order valence-corrected chi connectivity index (χ4v) is 2.08. The van der Waals surface area contributed by atoms with Crippen molar-refractivity contribution in [3.8, 4) is 11.5 Å². The van der Waals surface area contributed by atoms with Crippen LogP contribution in [0.5, 0.6) is 11.5 Å². The fraction of sp³-hybridized carbons (Fsp3) is 0.125. The molecule has 6 nitrogen and oxygen atoms in total. The molecular weight excluding hydrogens is 284 g/mol. The molecule has 0 amide bonds. The SMILES string of the molecule is COC(=O)c1ccc2nc(COc3cccc(O)c3)cn2c1. The highest BCUT2D eigenvalue weighted by molar-refractivity contribution is 5.89. The predicted molar refractivity (Wildman–Crippen MR) is 79.0 cm³/mol. The molecule has 112 valence electrons. The van der Waals surface area contributed by atoms with Crippen molar-refractivity contribution in [1.29, 1.82) is 0 Å². The Hall–Kier alpha value is -3.02. The molecule has 3 aromatic rings. The number of hydrogen-bond donors (Lipinski definition) is 1. The number of fused-ring (bicyclic) bond motifs is 1. The summed E-state index contributed by atoms with van der Waals surface area (Å²) in [6, 6.07) is 9.97. The number of aromatic hydroxyl groups is 1. The van der Waals surface area contributed by atoms with E-state index in [9.17, 15) is 9.90 Å². The van der Waals surface area contributed by atoms with Crippen LogP contribution in [-0.4, -0.2) is 27.6 Å². The minimum atomic E-state index is -0.395. The zero-order valence-electron chi connectivity index (χ0n) is 11.9. The minimum absolute atomic E-state index is 0.148. The zero-order valence-corrected chi connectivity index (χ0v) is 11.9. The molecule has 0 unspecified atom stereocenters. The van der Waals surface area contributed by atoms with Crippen LogP contribution in [0.3, 0.4) is 0 Å². The molecule has 0 aliphatic rings. The summed E-state index contributed by atoms with van der Waals surface area (Å²) in [5, 5.41) is 9.39. The van der Waals surface area contributed by atoms with Crippen LogP contribution in [0.4, 0.5) is 0 Å². The largest absolute Gasteiger partial charge is 0.508 e. The number of esters is 1. The number of methoxy groups -OCH3 is 1. The number of imidazole rings is 1. The lowest BCUT2D eigenvalue weighted by Gasteiger charge is -2.03. The van der Waals surface area contributed by atoms with E-state index in [1.807, 2.05) is 0 Å². The van der Waals surface area contributed by atoms with Gasteiger partial charge in [0.1, 0.15) is 23.8 Å². The number of carbonyl (C=O) groups excluding carboxylic acids is 1. The summed E-state index contributed by atoms with van der Waals surface area (Å²) < 4.78 is 12.0. The maximum atomic E-state index is 11.5. The Balaban J connectivity index is 1.78. The molecule has 0 bridgehead atoms. The molecule has 2 heterocycles. The second-order valence-corrected chi connectivity index (χ2v) is 4.69. The van der Waals surface area contributed by atoms with Crippen LogP contribution < -0.4 is 4.74 Å². The van der Waals surface area contributed by atoms with Gasteiger partial charge < -0.3 is 19.0 Å². The highest BCUT2D eigenvalue weighted by Gasteiger charge is 2.08. The Morgan fingerprint density at radius 3 is 2.91 bits per heavy atom. The summed E-state index contributed by atoms with van der Waals surface area (Å²) in [5.41, 5.74) is 1.88. The normalized spacial score (nSPS) is 10.6. The molecule has 0 spiro atoms. The maximum Gasteiger partial charge on any atom is 0.339 e. The van der Waals surface area contributed by atoms with Crippen LogP contribution >= 0.6 is 0 Å². The van der Waals surface area contributed by atoms with Crippen molar-refractivity contribution in [3.63, 3.8) is 0 Å². The van der Waals surface area contributed by atoms with Gasteiger partial charge >= 0.3 is 5.97 Å². The van der Waals surface area contributed by atoms with Gasteiger partial charge in [-0.25, -0.2) is 9.78 Å². The summed E-state index contributed by atoms with van der Waals surface area (Å²) in [4.78, 5) is 15.9. The third-order valence-electron chi connectivity index (χ3n) is 3.13.